The zero-order valence-corrected chi connectivity index (χ0v) is 10.6. The molecule has 1 aromatic rings. The molecule has 1 aromatic heterocycles. The minimum atomic E-state index is -0.460. The smallest absolute Gasteiger partial charge is 0.240 e. The van der Waals surface area contributed by atoms with E-state index in [1.807, 2.05) is 20.8 Å². The lowest BCUT2D eigenvalue weighted by Gasteiger charge is -2.40. The number of piperazine rings is 1. The highest BCUT2D eigenvalue weighted by Crippen LogP contribution is 2.21. The van der Waals surface area contributed by atoms with Crippen LogP contribution in [0.15, 0.2) is 0 Å². The normalized spacial score (nSPS) is 20.8. The fourth-order valence-electron chi connectivity index (χ4n) is 1.79. The minimum absolute atomic E-state index is 0.0833. The van der Waals surface area contributed by atoms with E-state index in [1.54, 1.807) is 11.3 Å². The van der Waals surface area contributed by atoms with E-state index >= 15 is 0 Å². The second-order valence-corrected chi connectivity index (χ2v) is 5.72. The van der Waals surface area contributed by atoms with Gasteiger partial charge in [0.25, 0.3) is 0 Å². The van der Waals surface area contributed by atoms with Gasteiger partial charge >= 0.3 is 0 Å². The van der Waals surface area contributed by atoms with Crippen LogP contribution in [0.4, 0.5) is 0 Å². The summed E-state index contributed by atoms with van der Waals surface area (Å²) in [6.45, 7) is 8.09. The molecule has 2 heterocycles. The first kappa shape index (κ1) is 11.5. The highest BCUT2D eigenvalue weighted by molar-refractivity contribution is 7.11. The fraction of sp³-hybridized carbons (Fsp3) is 0.700. The highest BCUT2D eigenvalue weighted by atomic mass is 32.1. The summed E-state index contributed by atoms with van der Waals surface area (Å²) in [6, 6.07) is 0. The lowest BCUT2D eigenvalue weighted by Crippen LogP contribution is -2.61. The predicted octanol–water partition coefficient (Wildman–Crippen LogP) is 0.557. The van der Waals surface area contributed by atoms with Crippen LogP contribution >= 0.6 is 11.3 Å². The second kappa shape index (κ2) is 4.10. The van der Waals surface area contributed by atoms with Crippen molar-refractivity contribution in [3.63, 3.8) is 0 Å². The van der Waals surface area contributed by atoms with Gasteiger partial charge in [0, 0.05) is 13.1 Å². The number of nitrogens with one attached hydrogen (secondary N) is 1. The van der Waals surface area contributed by atoms with Gasteiger partial charge in [0.2, 0.25) is 5.91 Å². The molecule has 0 atom stereocenters. The first-order chi connectivity index (χ1) is 7.50. The lowest BCUT2D eigenvalue weighted by molar-refractivity contribution is -0.135. The van der Waals surface area contributed by atoms with Crippen molar-refractivity contribution in [1.82, 2.24) is 20.4 Å². The molecule has 0 bridgehead atoms. The van der Waals surface area contributed by atoms with Crippen LogP contribution in [-0.4, -0.2) is 39.6 Å². The Morgan fingerprint density at radius 2 is 2.25 bits per heavy atom. The summed E-state index contributed by atoms with van der Waals surface area (Å²) in [6.07, 6.45) is 0. The Morgan fingerprint density at radius 3 is 2.88 bits per heavy atom. The molecule has 2 rings (SSSR count). The van der Waals surface area contributed by atoms with E-state index in [0.29, 0.717) is 13.1 Å². The summed E-state index contributed by atoms with van der Waals surface area (Å²) in [5.74, 6) is 0.0833. The molecule has 0 radical (unpaired) electrons. The number of rotatable bonds is 2. The van der Waals surface area contributed by atoms with E-state index in [-0.39, 0.29) is 5.91 Å². The van der Waals surface area contributed by atoms with Crippen molar-refractivity contribution in [3.8, 4) is 0 Å². The number of carbonyl (C=O) groups excluding carboxylic acids is 1. The minimum Gasteiger partial charge on any atom is -0.353 e. The Hall–Kier alpha value is -1.01. The Kier molecular flexibility index (Phi) is 2.94. The third kappa shape index (κ3) is 2.08. The maximum absolute atomic E-state index is 11.7. The SMILES string of the molecule is Cc1nnc(CN2CCNC(=O)C2(C)C)s1. The second-order valence-electron chi connectivity index (χ2n) is 4.45. The van der Waals surface area contributed by atoms with Gasteiger partial charge in [-0.05, 0) is 20.8 Å². The number of aryl methyl sites for hydroxylation is 1. The highest BCUT2D eigenvalue weighted by Gasteiger charge is 2.37. The van der Waals surface area contributed by atoms with Crippen molar-refractivity contribution in [1.29, 1.82) is 0 Å². The van der Waals surface area contributed by atoms with Crippen molar-refractivity contribution in [2.75, 3.05) is 13.1 Å². The average molecular weight is 240 g/mol. The third-order valence-corrected chi connectivity index (χ3v) is 3.73. The number of hydrogen-bond acceptors (Lipinski definition) is 5. The summed E-state index contributed by atoms with van der Waals surface area (Å²) in [4.78, 5) is 13.9. The molecule has 5 nitrogen and oxygen atoms in total. The van der Waals surface area contributed by atoms with Crippen LogP contribution in [0.1, 0.15) is 23.9 Å². The standard InChI is InChI=1S/C10H16N4OS/c1-7-12-13-8(16-7)6-14-5-4-11-9(15)10(14,2)3/h4-6H2,1-3H3,(H,11,15). The zero-order valence-electron chi connectivity index (χ0n) is 9.78. The first-order valence-corrected chi connectivity index (χ1v) is 6.14. The van der Waals surface area contributed by atoms with Crippen LogP contribution in [-0.2, 0) is 11.3 Å². The quantitative estimate of drug-likeness (QED) is 0.820. The number of hydrogen-bond donors (Lipinski definition) is 1. The largest absolute Gasteiger partial charge is 0.353 e. The molecule has 16 heavy (non-hydrogen) atoms. The molecule has 6 heteroatoms. The summed E-state index contributed by atoms with van der Waals surface area (Å²) in [5, 5.41) is 12.9. The molecule has 1 N–H and O–H groups in total. The van der Waals surface area contributed by atoms with Gasteiger partial charge in [-0.1, -0.05) is 0 Å². The Balaban J connectivity index is 2.11. The van der Waals surface area contributed by atoms with Gasteiger partial charge in [0.05, 0.1) is 12.1 Å². The van der Waals surface area contributed by atoms with Gasteiger partial charge in [-0.2, -0.15) is 0 Å². The zero-order chi connectivity index (χ0) is 11.8. The van der Waals surface area contributed by atoms with E-state index in [2.05, 4.69) is 20.4 Å². The third-order valence-electron chi connectivity index (χ3n) is 2.91. The number of nitrogens with zero attached hydrogens (tertiary/aromatic N) is 3. The van der Waals surface area contributed by atoms with Gasteiger partial charge in [-0.15, -0.1) is 21.5 Å². The summed E-state index contributed by atoms with van der Waals surface area (Å²) < 4.78 is 0. The Labute approximate surface area is 98.9 Å². The molecule has 88 valence electrons. The average Bonchev–Trinajstić information content (AvgIpc) is 2.60. The molecule has 0 aromatic carbocycles. The molecule has 1 aliphatic heterocycles. The topological polar surface area (TPSA) is 58.1 Å². The molecule has 0 saturated carbocycles. The Bertz CT molecular complexity index is 401. The van der Waals surface area contributed by atoms with Crippen LogP contribution in [0, 0.1) is 6.92 Å². The van der Waals surface area contributed by atoms with E-state index in [0.717, 1.165) is 16.6 Å². The van der Waals surface area contributed by atoms with E-state index < -0.39 is 5.54 Å². The number of carbonyl (C=O) groups is 1. The van der Waals surface area contributed by atoms with Crippen molar-refractivity contribution >= 4 is 17.2 Å². The monoisotopic (exact) mass is 240 g/mol. The van der Waals surface area contributed by atoms with Crippen LogP contribution in [0.5, 0.6) is 0 Å². The van der Waals surface area contributed by atoms with E-state index in [1.165, 1.54) is 0 Å². The van der Waals surface area contributed by atoms with Crippen molar-refractivity contribution in [2.45, 2.75) is 32.9 Å². The molecular formula is C10H16N4OS. The van der Waals surface area contributed by atoms with Gasteiger partial charge < -0.3 is 5.32 Å². The fourth-order valence-corrected chi connectivity index (χ4v) is 2.51. The molecule has 1 aliphatic rings. The number of aromatic nitrogens is 2. The number of amides is 1. The lowest BCUT2D eigenvalue weighted by atomic mass is 9.99. The molecule has 1 fully saturated rings. The molecule has 1 amide bonds. The summed E-state index contributed by atoms with van der Waals surface area (Å²) in [5.41, 5.74) is -0.460. The first-order valence-electron chi connectivity index (χ1n) is 5.32. The van der Waals surface area contributed by atoms with Gasteiger partial charge in [-0.3, -0.25) is 9.69 Å². The maximum Gasteiger partial charge on any atom is 0.240 e. The van der Waals surface area contributed by atoms with Crippen LogP contribution in [0.2, 0.25) is 0 Å². The van der Waals surface area contributed by atoms with Crippen LogP contribution < -0.4 is 5.32 Å². The Morgan fingerprint density at radius 1 is 1.50 bits per heavy atom. The van der Waals surface area contributed by atoms with Crippen LogP contribution in [0.3, 0.4) is 0 Å². The van der Waals surface area contributed by atoms with Gasteiger partial charge in [0.15, 0.2) is 0 Å². The molecule has 0 unspecified atom stereocenters. The maximum atomic E-state index is 11.7. The van der Waals surface area contributed by atoms with Crippen molar-refractivity contribution in [2.24, 2.45) is 0 Å². The summed E-state index contributed by atoms with van der Waals surface area (Å²) >= 11 is 1.59. The van der Waals surface area contributed by atoms with Gasteiger partial charge in [-0.25, -0.2) is 0 Å². The van der Waals surface area contributed by atoms with Crippen molar-refractivity contribution < 1.29 is 4.79 Å². The molecule has 0 aliphatic carbocycles. The molecule has 1 saturated heterocycles. The van der Waals surface area contributed by atoms with E-state index in [9.17, 15) is 4.79 Å². The van der Waals surface area contributed by atoms with Crippen LogP contribution in [0.25, 0.3) is 0 Å². The summed E-state index contributed by atoms with van der Waals surface area (Å²) in [7, 11) is 0. The van der Waals surface area contributed by atoms with E-state index in [4.69, 9.17) is 0 Å². The molecular weight excluding hydrogens is 224 g/mol. The molecule has 0 spiro atoms. The van der Waals surface area contributed by atoms with Gasteiger partial charge in [0.1, 0.15) is 10.0 Å². The van der Waals surface area contributed by atoms with Crippen molar-refractivity contribution in [3.05, 3.63) is 10.0 Å². The predicted molar refractivity (Wildman–Crippen MR) is 62.1 cm³/mol.